The summed E-state index contributed by atoms with van der Waals surface area (Å²) in [6, 6.07) is 15.7. The third-order valence-electron chi connectivity index (χ3n) is 5.14. The molecule has 5 nitrogen and oxygen atoms in total. The Bertz CT molecular complexity index is 829. The molecule has 1 fully saturated rings. The standard InChI is InChI=1S/C23H25NO4/c1-28-19-14-12-17(13-15-19)21(25)10-5-11-22(26)24-16-6-9-20(24)23(27)18-7-3-2-4-8-18/h2-4,7-8,12-15,20H,5-6,9-11,16H2,1H3. The normalized spacial score (nSPS) is 16.0. The fraction of sp³-hybridized carbons (Fsp3) is 0.348. The van der Waals surface area contributed by atoms with Gasteiger partial charge >= 0.3 is 0 Å². The Morgan fingerprint density at radius 2 is 1.68 bits per heavy atom. The molecule has 1 aliphatic heterocycles. The van der Waals surface area contributed by atoms with Gasteiger partial charge in [-0.15, -0.1) is 0 Å². The Hall–Kier alpha value is -2.95. The van der Waals surface area contributed by atoms with Gasteiger partial charge in [-0.2, -0.15) is 0 Å². The number of ketones is 2. The van der Waals surface area contributed by atoms with Crippen LogP contribution in [0.5, 0.6) is 5.75 Å². The Morgan fingerprint density at radius 1 is 0.964 bits per heavy atom. The van der Waals surface area contributed by atoms with Crippen molar-refractivity contribution in [1.82, 2.24) is 4.90 Å². The van der Waals surface area contributed by atoms with Crippen LogP contribution in [0.15, 0.2) is 54.6 Å². The summed E-state index contributed by atoms with van der Waals surface area (Å²) in [5.41, 5.74) is 1.26. The van der Waals surface area contributed by atoms with Gasteiger partial charge in [0.15, 0.2) is 11.6 Å². The smallest absolute Gasteiger partial charge is 0.223 e. The lowest BCUT2D eigenvalue weighted by molar-refractivity contribution is -0.131. The molecule has 0 bridgehead atoms. The monoisotopic (exact) mass is 379 g/mol. The number of hydrogen-bond acceptors (Lipinski definition) is 4. The van der Waals surface area contributed by atoms with Gasteiger partial charge in [-0.05, 0) is 43.5 Å². The number of carbonyl (C=O) groups is 3. The van der Waals surface area contributed by atoms with E-state index in [0.717, 1.165) is 6.42 Å². The molecule has 0 spiro atoms. The van der Waals surface area contributed by atoms with E-state index >= 15 is 0 Å². The lowest BCUT2D eigenvalue weighted by Crippen LogP contribution is -2.40. The Labute approximate surface area is 165 Å². The SMILES string of the molecule is COc1ccc(C(=O)CCCC(=O)N2CCCC2C(=O)c2ccccc2)cc1. The zero-order valence-electron chi connectivity index (χ0n) is 16.1. The first-order valence-electron chi connectivity index (χ1n) is 9.66. The highest BCUT2D eigenvalue weighted by molar-refractivity contribution is 6.02. The maximum atomic E-state index is 12.7. The number of benzene rings is 2. The van der Waals surface area contributed by atoms with E-state index < -0.39 is 0 Å². The lowest BCUT2D eigenvalue weighted by atomic mass is 10.0. The van der Waals surface area contributed by atoms with Crippen molar-refractivity contribution in [3.8, 4) is 5.75 Å². The van der Waals surface area contributed by atoms with Crippen LogP contribution < -0.4 is 4.74 Å². The molecule has 1 unspecified atom stereocenters. The third-order valence-corrected chi connectivity index (χ3v) is 5.14. The van der Waals surface area contributed by atoms with Crippen LogP contribution in [0.25, 0.3) is 0 Å². The molecule has 1 atom stereocenters. The van der Waals surface area contributed by atoms with E-state index in [9.17, 15) is 14.4 Å². The van der Waals surface area contributed by atoms with Crippen molar-refractivity contribution in [2.24, 2.45) is 0 Å². The molecule has 1 amide bonds. The van der Waals surface area contributed by atoms with Gasteiger partial charge in [-0.3, -0.25) is 14.4 Å². The highest BCUT2D eigenvalue weighted by atomic mass is 16.5. The van der Waals surface area contributed by atoms with Gasteiger partial charge in [0.1, 0.15) is 5.75 Å². The van der Waals surface area contributed by atoms with Gasteiger partial charge in [0.05, 0.1) is 13.2 Å². The van der Waals surface area contributed by atoms with Crippen LogP contribution in [0.3, 0.4) is 0 Å². The highest BCUT2D eigenvalue weighted by Crippen LogP contribution is 2.23. The molecule has 1 saturated heterocycles. The van der Waals surface area contributed by atoms with Crippen LogP contribution in [0.2, 0.25) is 0 Å². The van der Waals surface area contributed by atoms with Crippen molar-refractivity contribution in [2.75, 3.05) is 13.7 Å². The summed E-state index contributed by atoms with van der Waals surface area (Å²) in [5, 5.41) is 0. The Kier molecular flexibility index (Phi) is 6.58. The second kappa shape index (κ2) is 9.31. The molecule has 28 heavy (non-hydrogen) atoms. The van der Waals surface area contributed by atoms with Gasteiger partial charge in [0.25, 0.3) is 0 Å². The van der Waals surface area contributed by atoms with Crippen LogP contribution in [-0.4, -0.2) is 42.1 Å². The Balaban J connectivity index is 1.52. The summed E-state index contributed by atoms with van der Waals surface area (Å²) < 4.78 is 5.09. The van der Waals surface area contributed by atoms with Crippen molar-refractivity contribution < 1.29 is 19.1 Å². The number of methoxy groups -OCH3 is 1. The quantitative estimate of drug-likeness (QED) is 0.652. The third kappa shape index (κ3) is 4.66. The predicted octanol–water partition coefficient (Wildman–Crippen LogP) is 3.92. The average molecular weight is 379 g/mol. The summed E-state index contributed by atoms with van der Waals surface area (Å²) in [5.74, 6) is 0.666. The minimum absolute atomic E-state index is 0.000703. The van der Waals surface area contributed by atoms with E-state index in [-0.39, 0.29) is 29.9 Å². The van der Waals surface area contributed by atoms with Crippen LogP contribution in [0, 0.1) is 0 Å². The second-order valence-electron chi connectivity index (χ2n) is 6.98. The highest BCUT2D eigenvalue weighted by Gasteiger charge is 2.34. The Morgan fingerprint density at radius 3 is 2.36 bits per heavy atom. The molecule has 0 N–H and O–H groups in total. The van der Waals surface area contributed by atoms with Crippen LogP contribution in [0.4, 0.5) is 0 Å². The molecule has 0 aliphatic carbocycles. The maximum Gasteiger partial charge on any atom is 0.223 e. The van der Waals surface area contributed by atoms with E-state index in [1.807, 2.05) is 18.2 Å². The van der Waals surface area contributed by atoms with Crippen molar-refractivity contribution in [3.05, 3.63) is 65.7 Å². The van der Waals surface area contributed by atoms with Crippen LogP contribution in [-0.2, 0) is 4.79 Å². The minimum atomic E-state index is -0.382. The molecule has 3 rings (SSSR count). The number of likely N-dealkylation sites (tertiary alicyclic amines) is 1. The first-order valence-corrected chi connectivity index (χ1v) is 9.66. The number of rotatable bonds is 8. The zero-order chi connectivity index (χ0) is 19.9. The topological polar surface area (TPSA) is 63.7 Å². The molecule has 146 valence electrons. The molecule has 5 heteroatoms. The van der Waals surface area contributed by atoms with E-state index in [1.165, 1.54) is 0 Å². The van der Waals surface area contributed by atoms with Crippen LogP contribution >= 0.6 is 0 Å². The van der Waals surface area contributed by atoms with E-state index in [1.54, 1.807) is 48.4 Å². The predicted molar refractivity (Wildman–Crippen MR) is 107 cm³/mol. The summed E-state index contributed by atoms with van der Waals surface area (Å²) in [4.78, 5) is 39.3. The summed E-state index contributed by atoms with van der Waals surface area (Å²) in [6.45, 7) is 0.606. The molecular weight excluding hydrogens is 354 g/mol. The van der Waals surface area contributed by atoms with Crippen molar-refractivity contribution in [1.29, 1.82) is 0 Å². The number of Topliss-reactive ketones (excluding diaryl/α,β-unsaturated/α-hetero) is 2. The van der Waals surface area contributed by atoms with Crippen LogP contribution in [0.1, 0.15) is 52.8 Å². The van der Waals surface area contributed by atoms with Gasteiger partial charge in [-0.1, -0.05) is 30.3 Å². The first-order chi connectivity index (χ1) is 13.6. The zero-order valence-corrected chi connectivity index (χ0v) is 16.1. The molecule has 2 aromatic rings. The second-order valence-corrected chi connectivity index (χ2v) is 6.98. The summed E-state index contributed by atoms with van der Waals surface area (Å²) >= 11 is 0. The summed E-state index contributed by atoms with van der Waals surface area (Å²) in [7, 11) is 1.58. The largest absolute Gasteiger partial charge is 0.497 e. The molecule has 0 saturated carbocycles. The molecular formula is C23H25NO4. The molecule has 1 aliphatic rings. The fourth-order valence-corrected chi connectivity index (χ4v) is 3.60. The molecule has 0 aromatic heterocycles. The first kappa shape index (κ1) is 19.8. The van der Waals surface area contributed by atoms with E-state index in [2.05, 4.69) is 0 Å². The van der Waals surface area contributed by atoms with Gasteiger partial charge < -0.3 is 9.64 Å². The number of nitrogens with zero attached hydrogens (tertiary/aromatic N) is 1. The van der Waals surface area contributed by atoms with Gasteiger partial charge in [0, 0.05) is 30.5 Å². The van der Waals surface area contributed by atoms with Gasteiger partial charge in [-0.25, -0.2) is 0 Å². The number of ether oxygens (including phenoxy) is 1. The van der Waals surface area contributed by atoms with Crippen molar-refractivity contribution >= 4 is 17.5 Å². The van der Waals surface area contributed by atoms with Crippen molar-refractivity contribution in [3.63, 3.8) is 0 Å². The van der Waals surface area contributed by atoms with Gasteiger partial charge in [0.2, 0.25) is 5.91 Å². The van der Waals surface area contributed by atoms with E-state index in [0.29, 0.717) is 42.7 Å². The average Bonchev–Trinajstić information content (AvgIpc) is 3.23. The minimum Gasteiger partial charge on any atom is -0.497 e. The van der Waals surface area contributed by atoms with Crippen molar-refractivity contribution in [2.45, 2.75) is 38.1 Å². The molecule has 1 heterocycles. The molecule has 0 radical (unpaired) electrons. The number of carbonyl (C=O) groups excluding carboxylic acids is 3. The van der Waals surface area contributed by atoms with E-state index in [4.69, 9.17) is 4.74 Å². The fourth-order valence-electron chi connectivity index (χ4n) is 3.60. The number of hydrogen-bond donors (Lipinski definition) is 0. The molecule has 2 aromatic carbocycles. The summed E-state index contributed by atoms with van der Waals surface area (Å²) in [6.07, 6.45) is 2.60. The maximum absolute atomic E-state index is 12.7. The lowest BCUT2D eigenvalue weighted by Gasteiger charge is -2.23. The number of amides is 1.